The molecule has 1 spiro atoms. The molecule has 1 atom stereocenters. The molecule has 13 nitrogen and oxygen atoms in total. The lowest BCUT2D eigenvalue weighted by Gasteiger charge is -2.40. The van der Waals surface area contributed by atoms with Gasteiger partial charge in [0.2, 0.25) is 11.8 Å². The number of piperidine rings is 3. The number of nitriles is 1. The number of benzene rings is 3. The van der Waals surface area contributed by atoms with Crippen LogP contribution in [0, 0.1) is 22.7 Å². The number of nitrogens with zero attached hydrogens (tertiary/aromatic N) is 7. The molecule has 15 heteroatoms. The predicted octanol–water partition coefficient (Wildman–Crippen LogP) is 5.07. The van der Waals surface area contributed by atoms with E-state index in [4.69, 9.17) is 0 Å². The summed E-state index contributed by atoms with van der Waals surface area (Å²) in [5.41, 5.74) is 3.96. The van der Waals surface area contributed by atoms with Crippen LogP contribution in [0.5, 0.6) is 0 Å². The third-order valence-electron chi connectivity index (χ3n) is 14.1. The zero-order valence-corrected chi connectivity index (χ0v) is 34.2. The van der Waals surface area contributed by atoms with Gasteiger partial charge in [-0.05, 0) is 111 Å². The van der Waals surface area contributed by atoms with Gasteiger partial charge in [0.25, 0.3) is 24.1 Å². The minimum Gasteiger partial charge on any atom is -0.371 e. The first-order chi connectivity index (χ1) is 29.5. The second-order valence-electron chi connectivity index (χ2n) is 17.6. The average Bonchev–Trinajstić information content (AvgIpc) is 3.80. The molecule has 0 radical (unpaired) electrons. The molecule has 1 unspecified atom stereocenters. The van der Waals surface area contributed by atoms with Crippen molar-refractivity contribution in [2.24, 2.45) is 11.3 Å². The summed E-state index contributed by atoms with van der Waals surface area (Å²) in [6.45, 7) is 9.00. The van der Waals surface area contributed by atoms with Crippen LogP contribution in [0.4, 0.5) is 25.8 Å². The van der Waals surface area contributed by atoms with Gasteiger partial charge in [0, 0.05) is 107 Å². The molecule has 0 aliphatic carbocycles. The summed E-state index contributed by atoms with van der Waals surface area (Å²) in [5.74, 6) is -1.45. The Labute approximate surface area is 353 Å². The van der Waals surface area contributed by atoms with Crippen molar-refractivity contribution in [3.63, 3.8) is 0 Å². The fourth-order valence-corrected chi connectivity index (χ4v) is 10.4. The predicted molar refractivity (Wildman–Crippen MR) is 224 cm³/mol. The molecule has 0 saturated carbocycles. The Morgan fingerprint density at radius 2 is 1.36 bits per heavy atom. The van der Waals surface area contributed by atoms with Crippen LogP contribution in [0.25, 0.3) is 0 Å². The Morgan fingerprint density at radius 3 is 2.03 bits per heavy atom. The Kier molecular flexibility index (Phi) is 11.0. The van der Waals surface area contributed by atoms with Crippen molar-refractivity contribution in [1.82, 2.24) is 20.0 Å². The number of piperazine rings is 1. The SMILES string of the molecule is N#Cc1ccc(N2CCC3(CCN(c4ccc(C(=O)N5CCN(CC6CCN(c7ccc8c(c7)C(=O)N(C7CCC(=O)NC7=O)C8=O)CC6)CC5)cc4)CC3)C2)cc1C(F)F. The highest BCUT2D eigenvalue weighted by molar-refractivity contribution is 6.23. The summed E-state index contributed by atoms with van der Waals surface area (Å²) in [5, 5.41) is 11.5. The molecule has 5 amide bonds. The summed E-state index contributed by atoms with van der Waals surface area (Å²) in [6, 6.07) is 18.9. The number of anilines is 3. The van der Waals surface area contributed by atoms with E-state index >= 15 is 0 Å². The lowest BCUT2D eigenvalue weighted by atomic mass is 9.77. The molecule has 6 aliphatic rings. The number of hydrogen-bond acceptors (Lipinski definition) is 10. The molecule has 5 fully saturated rings. The fourth-order valence-electron chi connectivity index (χ4n) is 10.4. The molecule has 1 N–H and O–H groups in total. The molecule has 0 bridgehead atoms. The van der Waals surface area contributed by atoms with Crippen molar-refractivity contribution in [1.29, 1.82) is 5.26 Å². The van der Waals surface area contributed by atoms with Gasteiger partial charge in [-0.15, -0.1) is 0 Å². The number of alkyl halides is 2. The lowest BCUT2D eigenvalue weighted by Crippen LogP contribution is -2.54. The van der Waals surface area contributed by atoms with Crippen LogP contribution in [-0.4, -0.2) is 122 Å². The number of halogens is 2. The molecule has 3 aromatic rings. The second kappa shape index (κ2) is 16.5. The number of carbonyl (C=O) groups excluding carboxylic acids is 5. The Morgan fingerprint density at radius 1 is 0.738 bits per heavy atom. The minimum atomic E-state index is -2.68. The summed E-state index contributed by atoms with van der Waals surface area (Å²) < 4.78 is 27.2. The van der Waals surface area contributed by atoms with E-state index in [9.17, 15) is 38.0 Å². The smallest absolute Gasteiger partial charge is 0.265 e. The van der Waals surface area contributed by atoms with Crippen LogP contribution in [0.2, 0.25) is 0 Å². The summed E-state index contributed by atoms with van der Waals surface area (Å²) in [4.78, 5) is 76.3. The quantitative estimate of drug-likeness (QED) is 0.306. The van der Waals surface area contributed by atoms with Gasteiger partial charge in [0.05, 0.1) is 22.8 Å². The highest BCUT2D eigenvalue weighted by Crippen LogP contribution is 2.43. The number of fused-ring (bicyclic) bond motifs is 1. The monoisotopic (exact) mass is 832 g/mol. The Bertz CT molecular complexity index is 2270. The van der Waals surface area contributed by atoms with Gasteiger partial charge in [-0.3, -0.25) is 39.1 Å². The standard InChI is InChI=1S/C46H50F2N8O5/c47-41(48)37-25-35(6-3-32(37)27-49)55-20-15-46(29-55)13-18-53(19-14-46)33-4-1-31(2-5-33)43(59)54-23-21-51(22-24-54)28-30-11-16-52(17-12-30)34-7-8-36-38(26-34)45(61)56(44(36)60)39-9-10-40(57)50-42(39)58/h1-8,25-26,30,39,41H,9-24,28-29H2,(H,50,57,58). The Hall–Kier alpha value is -5.88. The van der Waals surface area contributed by atoms with Crippen LogP contribution in [0.15, 0.2) is 60.7 Å². The van der Waals surface area contributed by atoms with Gasteiger partial charge in [0.1, 0.15) is 6.04 Å². The molecule has 318 valence electrons. The average molecular weight is 833 g/mol. The summed E-state index contributed by atoms with van der Waals surface area (Å²) >= 11 is 0. The van der Waals surface area contributed by atoms with E-state index in [1.165, 1.54) is 12.1 Å². The van der Waals surface area contributed by atoms with E-state index in [2.05, 4.69) is 24.9 Å². The summed E-state index contributed by atoms with van der Waals surface area (Å²) in [6.07, 6.45) is 2.50. The largest absolute Gasteiger partial charge is 0.371 e. The van der Waals surface area contributed by atoms with E-state index in [0.717, 1.165) is 113 Å². The van der Waals surface area contributed by atoms with Crippen molar-refractivity contribution >= 4 is 46.6 Å². The van der Waals surface area contributed by atoms with Gasteiger partial charge in [-0.1, -0.05) is 0 Å². The van der Waals surface area contributed by atoms with E-state index < -0.39 is 36.1 Å². The molecule has 6 heterocycles. The first-order valence-corrected chi connectivity index (χ1v) is 21.5. The maximum Gasteiger partial charge on any atom is 0.265 e. The molecular weight excluding hydrogens is 783 g/mol. The molecule has 6 aliphatic heterocycles. The first kappa shape index (κ1) is 40.5. The summed E-state index contributed by atoms with van der Waals surface area (Å²) in [7, 11) is 0. The number of nitrogens with one attached hydrogen (secondary N) is 1. The van der Waals surface area contributed by atoms with Gasteiger partial charge in [0.15, 0.2) is 0 Å². The number of amides is 5. The molecule has 5 saturated heterocycles. The molecular formula is C46H50F2N8O5. The van der Waals surface area contributed by atoms with E-state index in [-0.39, 0.29) is 40.9 Å². The fraction of sp³-hybridized carbons (Fsp3) is 0.478. The van der Waals surface area contributed by atoms with Crippen LogP contribution < -0.4 is 20.0 Å². The van der Waals surface area contributed by atoms with Crippen LogP contribution in [0.1, 0.15) is 93.6 Å². The van der Waals surface area contributed by atoms with Gasteiger partial charge in [-0.25, -0.2) is 8.78 Å². The Balaban J connectivity index is 0.713. The van der Waals surface area contributed by atoms with Gasteiger partial charge >= 0.3 is 0 Å². The van der Waals surface area contributed by atoms with E-state index in [0.29, 0.717) is 30.1 Å². The maximum atomic E-state index is 13.6. The van der Waals surface area contributed by atoms with Crippen molar-refractivity contribution in [3.05, 3.63) is 88.5 Å². The normalized spacial score (nSPS) is 22.3. The third-order valence-corrected chi connectivity index (χ3v) is 14.1. The molecule has 3 aromatic carbocycles. The third kappa shape index (κ3) is 7.93. The zero-order valence-electron chi connectivity index (χ0n) is 34.2. The number of hydrogen-bond donors (Lipinski definition) is 1. The van der Waals surface area contributed by atoms with Crippen molar-refractivity contribution in [2.75, 3.05) is 86.7 Å². The number of imide groups is 2. The van der Waals surface area contributed by atoms with Gasteiger partial charge in [-0.2, -0.15) is 5.26 Å². The van der Waals surface area contributed by atoms with E-state index in [1.807, 2.05) is 41.3 Å². The van der Waals surface area contributed by atoms with Crippen LogP contribution >= 0.6 is 0 Å². The van der Waals surface area contributed by atoms with Crippen molar-refractivity contribution in [3.8, 4) is 6.07 Å². The van der Waals surface area contributed by atoms with Crippen LogP contribution in [-0.2, 0) is 9.59 Å². The number of rotatable bonds is 8. The highest BCUT2D eigenvalue weighted by Gasteiger charge is 2.45. The minimum absolute atomic E-state index is 0.0271. The number of carbonyl (C=O) groups is 5. The van der Waals surface area contributed by atoms with Crippen molar-refractivity contribution in [2.45, 2.75) is 57.4 Å². The van der Waals surface area contributed by atoms with Crippen molar-refractivity contribution < 1.29 is 32.8 Å². The first-order valence-electron chi connectivity index (χ1n) is 21.5. The van der Waals surface area contributed by atoms with Gasteiger partial charge < -0.3 is 19.6 Å². The van der Waals surface area contributed by atoms with Crippen LogP contribution in [0.3, 0.4) is 0 Å². The second-order valence-corrected chi connectivity index (χ2v) is 17.6. The zero-order chi connectivity index (χ0) is 42.4. The lowest BCUT2D eigenvalue weighted by molar-refractivity contribution is -0.136. The molecule has 61 heavy (non-hydrogen) atoms. The molecule has 0 aromatic heterocycles. The highest BCUT2D eigenvalue weighted by atomic mass is 19.3. The van der Waals surface area contributed by atoms with E-state index in [1.54, 1.807) is 18.2 Å². The topological polar surface area (TPSA) is 141 Å². The molecule has 9 rings (SSSR count). The maximum absolute atomic E-state index is 13.6.